The van der Waals surface area contributed by atoms with Gasteiger partial charge in [0.25, 0.3) is 0 Å². The maximum atomic E-state index is 11.0. The van der Waals surface area contributed by atoms with Crippen LogP contribution in [0.1, 0.15) is 33.6 Å². The van der Waals surface area contributed by atoms with Crippen molar-refractivity contribution >= 4 is 18.5 Å². The van der Waals surface area contributed by atoms with Crippen LogP contribution in [-0.4, -0.2) is 17.2 Å². The van der Waals surface area contributed by atoms with Crippen LogP contribution in [0, 0.1) is 0 Å². The first-order valence-corrected chi connectivity index (χ1v) is 4.63. The van der Waals surface area contributed by atoms with E-state index in [1.54, 1.807) is 0 Å². The van der Waals surface area contributed by atoms with Crippen LogP contribution in [-0.2, 0) is 4.79 Å². The first-order chi connectivity index (χ1) is 5.08. The lowest BCUT2D eigenvalue weighted by Crippen LogP contribution is -2.45. The van der Waals surface area contributed by atoms with E-state index in [0.29, 0.717) is 0 Å². The van der Waals surface area contributed by atoms with E-state index in [0.717, 1.165) is 12.8 Å². The van der Waals surface area contributed by atoms with Gasteiger partial charge in [-0.2, -0.15) is 12.6 Å². The van der Waals surface area contributed by atoms with E-state index in [1.807, 2.05) is 6.92 Å². The number of carbonyl (C=O) groups is 1. The number of carbonyl (C=O) groups excluding carboxylic acids is 1. The Kier molecular flexibility index (Phi) is 4.57. The molecule has 0 aliphatic heterocycles. The van der Waals surface area contributed by atoms with Gasteiger partial charge < -0.3 is 5.32 Å². The SMILES string of the molecule is CCC(C)(CC)NC(=O)CS. The van der Waals surface area contributed by atoms with E-state index in [2.05, 4.69) is 31.8 Å². The molecule has 0 aliphatic carbocycles. The number of thiol groups is 1. The molecule has 0 rings (SSSR count). The molecular formula is C8H17NOS. The summed E-state index contributed by atoms with van der Waals surface area (Å²) in [5.74, 6) is 0.287. The minimum Gasteiger partial charge on any atom is -0.350 e. The molecule has 0 unspecified atom stereocenters. The van der Waals surface area contributed by atoms with Gasteiger partial charge >= 0.3 is 0 Å². The van der Waals surface area contributed by atoms with Crippen molar-refractivity contribution in [3.8, 4) is 0 Å². The molecule has 0 aromatic heterocycles. The van der Waals surface area contributed by atoms with Gasteiger partial charge in [-0.15, -0.1) is 0 Å². The highest BCUT2D eigenvalue weighted by atomic mass is 32.1. The van der Waals surface area contributed by atoms with E-state index in [9.17, 15) is 4.79 Å². The summed E-state index contributed by atoms with van der Waals surface area (Å²) in [7, 11) is 0. The summed E-state index contributed by atoms with van der Waals surface area (Å²) in [6.45, 7) is 6.19. The van der Waals surface area contributed by atoms with Crippen molar-refractivity contribution in [1.29, 1.82) is 0 Å². The predicted octanol–water partition coefficient (Wildman–Crippen LogP) is 1.61. The maximum absolute atomic E-state index is 11.0. The molecule has 1 amide bonds. The van der Waals surface area contributed by atoms with E-state index >= 15 is 0 Å². The average Bonchev–Trinajstić information content (AvgIpc) is 2.04. The fourth-order valence-electron chi connectivity index (χ4n) is 0.803. The molecule has 1 N–H and O–H groups in total. The molecule has 2 nitrogen and oxygen atoms in total. The van der Waals surface area contributed by atoms with Gasteiger partial charge in [-0.3, -0.25) is 4.79 Å². The van der Waals surface area contributed by atoms with Crippen LogP contribution in [0.15, 0.2) is 0 Å². The molecule has 0 fully saturated rings. The minimum absolute atomic E-state index is 0.0135. The van der Waals surface area contributed by atoms with Crippen LogP contribution in [0.2, 0.25) is 0 Å². The summed E-state index contributed by atoms with van der Waals surface area (Å²) in [6, 6.07) is 0. The summed E-state index contributed by atoms with van der Waals surface area (Å²) in [5.41, 5.74) is -0.0419. The van der Waals surface area contributed by atoms with Gasteiger partial charge in [0.05, 0.1) is 5.75 Å². The van der Waals surface area contributed by atoms with Gasteiger partial charge in [0.1, 0.15) is 0 Å². The van der Waals surface area contributed by atoms with Gasteiger partial charge in [-0.1, -0.05) is 13.8 Å². The quantitative estimate of drug-likeness (QED) is 0.625. The van der Waals surface area contributed by atoms with E-state index in [-0.39, 0.29) is 17.2 Å². The number of rotatable bonds is 4. The number of hydrogen-bond donors (Lipinski definition) is 2. The van der Waals surface area contributed by atoms with Crippen molar-refractivity contribution in [2.45, 2.75) is 39.2 Å². The van der Waals surface area contributed by atoms with Gasteiger partial charge in [-0.25, -0.2) is 0 Å². The lowest BCUT2D eigenvalue weighted by Gasteiger charge is -2.27. The Morgan fingerprint density at radius 1 is 1.45 bits per heavy atom. The summed E-state index contributed by atoms with van der Waals surface area (Å²) in [6.07, 6.45) is 1.92. The topological polar surface area (TPSA) is 29.1 Å². The third kappa shape index (κ3) is 3.65. The largest absolute Gasteiger partial charge is 0.350 e. The molecule has 0 saturated carbocycles. The fraction of sp³-hybridized carbons (Fsp3) is 0.875. The molecule has 11 heavy (non-hydrogen) atoms. The second kappa shape index (κ2) is 4.65. The lowest BCUT2D eigenvalue weighted by atomic mass is 9.96. The standard InChI is InChI=1S/C8H17NOS/c1-4-8(3,5-2)9-7(10)6-11/h11H,4-6H2,1-3H3,(H,9,10). The third-order valence-electron chi connectivity index (χ3n) is 2.15. The highest BCUT2D eigenvalue weighted by Crippen LogP contribution is 2.12. The monoisotopic (exact) mass is 175 g/mol. The summed E-state index contributed by atoms with van der Waals surface area (Å²) < 4.78 is 0. The normalized spacial score (nSPS) is 11.3. The molecule has 0 heterocycles. The fourth-order valence-corrected chi connectivity index (χ4v) is 0.882. The molecule has 0 aromatic rings. The summed E-state index contributed by atoms with van der Waals surface area (Å²) >= 11 is 3.89. The Labute approximate surface area is 74.2 Å². The molecular weight excluding hydrogens is 158 g/mol. The van der Waals surface area contributed by atoms with Gasteiger partial charge in [-0.05, 0) is 19.8 Å². The van der Waals surface area contributed by atoms with Crippen LogP contribution >= 0.6 is 12.6 Å². The van der Waals surface area contributed by atoms with Crippen molar-refractivity contribution in [2.24, 2.45) is 0 Å². The molecule has 66 valence electrons. The summed E-state index contributed by atoms with van der Waals surface area (Å²) in [5, 5.41) is 2.93. The molecule has 0 aromatic carbocycles. The number of hydrogen-bond acceptors (Lipinski definition) is 2. The minimum atomic E-state index is -0.0419. The van der Waals surface area contributed by atoms with Crippen LogP contribution < -0.4 is 5.32 Å². The Balaban J connectivity index is 3.96. The lowest BCUT2D eigenvalue weighted by molar-refractivity contribution is -0.120. The van der Waals surface area contributed by atoms with Crippen LogP contribution in [0.25, 0.3) is 0 Å². The zero-order valence-corrected chi connectivity index (χ0v) is 8.37. The van der Waals surface area contributed by atoms with Crippen molar-refractivity contribution in [3.05, 3.63) is 0 Å². The van der Waals surface area contributed by atoms with Crippen LogP contribution in [0.5, 0.6) is 0 Å². The Bertz CT molecular complexity index is 132. The predicted molar refractivity (Wildman–Crippen MR) is 51.0 cm³/mol. The van der Waals surface area contributed by atoms with Crippen molar-refractivity contribution in [1.82, 2.24) is 5.32 Å². The van der Waals surface area contributed by atoms with Crippen LogP contribution in [0.3, 0.4) is 0 Å². The Hall–Kier alpha value is -0.180. The van der Waals surface area contributed by atoms with Crippen LogP contribution in [0.4, 0.5) is 0 Å². The highest BCUT2D eigenvalue weighted by Gasteiger charge is 2.20. The smallest absolute Gasteiger partial charge is 0.230 e. The molecule has 0 radical (unpaired) electrons. The van der Waals surface area contributed by atoms with E-state index in [4.69, 9.17) is 0 Å². The Morgan fingerprint density at radius 2 is 1.91 bits per heavy atom. The third-order valence-corrected chi connectivity index (χ3v) is 2.43. The first-order valence-electron chi connectivity index (χ1n) is 4.00. The van der Waals surface area contributed by atoms with Gasteiger partial charge in [0, 0.05) is 5.54 Å². The Morgan fingerprint density at radius 3 is 2.18 bits per heavy atom. The molecule has 3 heteroatoms. The molecule has 0 atom stereocenters. The maximum Gasteiger partial charge on any atom is 0.230 e. The molecule has 0 saturated heterocycles. The van der Waals surface area contributed by atoms with Gasteiger partial charge in [0.2, 0.25) is 5.91 Å². The first kappa shape index (κ1) is 10.8. The van der Waals surface area contributed by atoms with Gasteiger partial charge in [0.15, 0.2) is 0 Å². The molecule has 0 spiro atoms. The molecule has 0 bridgehead atoms. The zero-order chi connectivity index (χ0) is 8.91. The number of nitrogens with one attached hydrogen (secondary N) is 1. The van der Waals surface area contributed by atoms with E-state index < -0.39 is 0 Å². The summed E-state index contributed by atoms with van der Waals surface area (Å²) in [4.78, 5) is 11.0. The average molecular weight is 175 g/mol. The number of amides is 1. The van der Waals surface area contributed by atoms with E-state index in [1.165, 1.54) is 0 Å². The van der Waals surface area contributed by atoms with Crippen molar-refractivity contribution in [2.75, 3.05) is 5.75 Å². The second-order valence-corrected chi connectivity index (χ2v) is 3.29. The highest BCUT2D eigenvalue weighted by molar-refractivity contribution is 7.81. The molecule has 0 aliphatic rings. The van der Waals surface area contributed by atoms with Crippen molar-refractivity contribution < 1.29 is 4.79 Å². The van der Waals surface area contributed by atoms with Crippen molar-refractivity contribution in [3.63, 3.8) is 0 Å². The zero-order valence-electron chi connectivity index (χ0n) is 7.48. The second-order valence-electron chi connectivity index (χ2n) is 2.97.